The molecule has 2 aliphatic heterocycles. The van der Waals surface area contributed by atoms with Crippen molar-refractivity contribution in [3.63, 3.8) is 0 Å². The van der Waals surface area contributed by atoms with Crippen LogP contribution in [0.2, 0.25) is 0 Å². The van der Waals surface area contributed by atoms with E-state index in [0.29, 0.717) is 6.54 Å². The van der Waals surface area contributed by atoms with Crippen LogP contribution >= 0.6 is 0 Å². The third-order valence-electron chi connectivity index (χ3n) is 2.11. The third-order valence-corrected chi connectivity index (χ3v) is 2.11. The van der Waals surface area contributed by atoms with Crippen molar-refractivity contribution in [1.82, 2.24) is 21.7 Å². The second kappa shape index (κ2) is 2.42. The van der Waals surface area contributed by atoms with Gasteiger partial charge in [-0.3, -0.25) is 4.79 Å². The molecule has 0 spiro atoms. The van der Waals surface area contributed by atoms with Crippen molar-refractivity contribution >= 4 is 5.97 Å². The second-order valence-corrected chi connectivity index (χ2v) is 2.77. The fraction of sp³-hybridized carbons (Fsp3) is 0.800. The lowest BCUT2D eigenvalue weighted by Gasteiger charge is -2.11. The topological polar surface area (TPSA) is 85.4 Å². The Morgan fingerprint density at radius 1 is 1.45 bits per heavy atom. The Labute approximate surface area is 63.3 Å². The first-order chi connectivity index (χ1) is 5.29. The lowest BCUT2D eigenvalue weighted by atomic mass is 10.1. The van der Waals surface area contributed by atoms with E-state index in [2.05, 4.69) is 21.7 Å². The van der Waals surface area contributed by atoms with Crippen LogP contribution in [0.4, 0.5) is 0 Å². The molecule has 0 saturated carbocycles. The summed E-state index contributed by atoms with van der Waals surface area (Å²) in [7, 11) is 0. The Balaban J connectivity index is 2.08. The Hall–Kier alpha value is -0.690. The van der Waals surface area contributed by atoms with Gasteiger partial charge in [0.05, 0.1) is 12.1 Å². The van der Waals surface area contributed by atoms with Gasteiger partial charge in [-0.1, -0.05) is 0 Å². The van der Waals surface area contributed by atoms with Crippen LogP contribution in [0, 0.1) is 0 Å². The summed E-state index contributed by atoms with van der Waals surface area (Å²) < 4.78 is 0. The summed E-state index contributed by atoms with van der Waals surface area (Å²) >= 11 is 0. The minimum absolute atomic E-state index is 0.0486. The molecule has 0 bridgehead atoms. The second-order valence-electron chi connectivity index (χ2n) is 2.77. The van der Waals surface area contributed by atoms with Crippen molar-refractivity contribution in [2.45, 2.75) is 18.1 Å². The monoisotopic (exact) mass is 158 g/mol. The molecule has 0 aromatic rings. The summed E-state index contributed by atoms with van der Waals surface area (Å²) in [5.41, 5.74) is 8.47. The third kappa shape index (κ3) is 1.000. The smallest absolute Gasteiger partial charge is 0.322 e. The van der Waals surface area contributed by atoms with Gasteiger partial charge in [0.25, 0.3) is 0 Å². The Kier molecular flexibility index (Phi) is 1.53. The van der Waals surface area contributed by atoms with Crippen molar-refractivity contribution in [2.75, 3.05) is 6.54 Å². The number of rotatable bonds is 1. The average Bonchev–Trinajstić information content (AvgIpc) is 2.41. The number of carboxylic acids is 1. The van der Waals surface area contributed by atoms with E-state index in [-0.39, 0.29) is 12.1 Å². The molecule has 2 heterocycles. The molecule has 0 aliphatic carbocycles. The Morgan fingerprint density at radius 3 is 3.00 bits per heavy atom. The first-order valence-electron chi connectivity index (χ1n) is 3.51. The van der Waals surface area contributed by atoms with Gasteiger partial charge in [0, 0.05) is 6.54 Å². The molecule has 0 radical (unpaired) electrons. The van der Waals surface area contributed by atoms with Gasteiger partial charge in [-0.25, -0.2) is 10.9 Å². The summed E-state index contributed by atoms with van der Waals surface area (Å²) in [6, 6.07) is -0.355. The largest absolute Gasteiger partial charge is 0.480 e. The summed E-state index contributed by atoms with van der Waals surface area (Å²) in [4.78, 5) is 10.6. The normalized spacial score (nSPS) is 42.4. The van der Waals surface area contributed by atoms with E-state index in [1.165, 1.54) is 0 Å². The number of hydrogen-bond donors (Lipinski definition) is 5. The van der Waals surface area contributed by atoms with Crippen LogP contribution in [0.1, 0.15) is 0 Å². The number of nitrogens with one attached hydrogen (secondary N) is 4. The van der Waals surface area contributed by atoms with E-state index >= 15 is 0 Å². The number of carbonyl (C=O) groups is 1. The molecule has 3 atom stereocenters. The van der Waals surface area contributed by atoms with Crippen molar-refractivity contribution in [2.24, 2.45) is 0 Å². The first-order valence-corrected chi connectivity index (χ1v) is 3.51. The molecule has 2 saturated heterocycles. The molecule has 3 unspecified atom stereocenters. The van der Waals surface area contributed by atoms with E-state index in [9.17, 15) is 4.79 Å². The minimum Gasteiger partial charge on any atom is -0.480 e. The Morgan fingerprint density at radius 2 is 2.27 bits per heavy atom. The highest BCUT2D eigenvalue weighted by Crippen LogP contribution is 2.09. The van der Waals surface area contributed by atoms with Crippen molar-refractivity contribution in [3.8, 4) is 0 Å². The van der Waals surface area contributed by atoms with Crippen molar-refractivity contribution in [3.05, 3.63) is 0 Å². The zero-order valence-corrected chi connectivity index (χ0v) is 5.79. The average molecular weight is 158 g/mol. The predicted molar refractivity (Wildman–Crippen MR) is 36.4 cm³/mol. The maximum absolute atomic E-state index is 10.6. The minimum atomic E-state index is -0.810. The lowest BCUT2D eigenvalue weighted by molar-refractivity contribution is -0.139. The van der Waals surface area contributed by atoms with Gasteiger partial charge in [0.2, 0.25) is 0 Å². The zero-order valence-electron chi connectivity index (χ0n) is 5.79. The number of carboxylic acid groups (broad SMARTS) is 1. The van der Waals surface area contributed by atoms with E-state index in [0.717, 1.165) is 0 Å². The van der Waals surface area contributed by atoms with Crippen molar-refractivity contribution < 1.29 is 9.90 Å². The van der Waals surface area contributed by atoms with Gasteiger partial charge in [0.1, 0.15) is 6.04 Å². The Bertz CT molecular complexity index is 185. The molecule has 6 nitrogen and oxygen atoms in total. The van der Waals surface area contributed by atoms with Gasteiger partial charge in [0.15, 0.2) is 0 Å². The summed E-state index contributed by atoms with van der Waals surface area (Å²) in [6.07, 6.45) is 0. The maximum atomic E-state index is 10.6. The standard InChI is InChI=1S/C5H10N4O2/c10-5(11)4-3-2(1-6-4)7-9-8-3/h2-4,6-9H,1H2,(H,10,11). The van der Waals surface area contributed by atoms with Crippen LogP contribution in [-0.4, -0.2) is 35.7 Å². The molecule has 5 N–H and O–H groups in total. The number of aliphatic carboxylic acids is 1. The molecule has 11 heavy (non-hydrogen) atoms. The summed E-state index contributed by atoms with van der Waals surface area (Å²) in [5.74, 6) is -0.810. The van der Waals surface area contributed by atoms with Gasteiger partial charge in [-0.15, -0.1) is 0 Å². The van der Waals surface area contributed by atoms with Crippen LogP contribution in [0.25, 0.3) is 0 Å². The highest BCUT2D eigenvalue weighted by atomic mass is 16.4. The molecular weight excluding hydrogens is 148 g/mol. The summed E-state index contributed by atoms with van der Waals surface area (Å²) in [6.45, 7) is 0.682. The van der Waals surface area contributed by atoms with Crippen molar-refractivity contribution in [1.29, 1.82) is 0 Å². The molecule has 0 aromatic heterocycles. The van der Waals surface area contributed by atoms with Crippen LogP contribution in [0.15, 0.2) is 0 Å². The number of fused-ring (bicyclic) bond motifs is 1. The number of hydrogen-bond acceptors (Lipinski definition) is 5. The lowest BCUT2D eigenvalue weighted by Crippen LogP contribution is -2.47. The van der Waals surface area contributed by atoms with E-state index in [4.69, 9.17) is 5.11 Å². The predicted octanol–water partition coefficient (Wildman–Crippen LogP) is -2.61. The van der Waals surface area contributed by atoms with Gasteiger partial charge in [-0.05, 0) is 0 Å². The molecule has 62 valence electrons. The van der Waals surface area contributed by atoms with Crippen LogP contribution in [0.5, 0.6) is 0 Å². The van der Waals surface area contributed by atoms with E-state index in [1.807, 2.05) is 0 Å². The SMILES string of the molecule is O=C(O)C1NCC2NNNC21. The zero-order chi connectivity index (χ0) is 7.84. The van der Waals surface area contributed by atoms with Crippen LogP contribution < -0.4 is 21.7 Å². The van der Waals surface area contributed by atoms with E-state index < -0.39 is 12.0 Å². The van der Waals surface area contributed by atoms with E-state index in [1.54, 1.807) is 0 Å². The molecule has 2 rings (SSSR count). The van der Waals surface area contributed by atoms with Crippen LogP contribution in [0.3, 0.4) is 0 Å². The molecular formula is C5H10N4O2. The molecule has 2 aliphatic rings. The maximum Gasteiger partial charge on any atom is 0.322 e. The fourth-order valence-electron chi connectivity index (χ4n) is 1.52. The molecule has 0 aromatic carbocycles. The molecule has 6 heteroatoms. The number of hydrazine groups is 2. The quantitative estimate of drug-likeness (QED) is 0.287. The summed E-state index contributed by atoms with van der Waals surface area (Å²) in [5, 5.41) is 11.6. The van der Waals surface area contributed by atoms with Gasteiger partial charge < -0.3 is 10.4 Å². The molecule has 2 fully saturated rings. The molecule has 0 amide bonds. The van der Waals surface area contributed by atoms with Gasteiger partial charge >= 0.3 is 5.97 Å². The highest BCUT2D eigenvalue weighted by Gasteiger charge is 2.42. The highest BCUT2D eigenvalue weighted by molar-refractivity contribution is 5.75. The fourth-order valence-corrected chi connectivity index (χ4v) is 1.52. The van der Waals surface area contributed by atoms with Gasteiger partial charge in [-0.2, -0.15) is 5.53 Å². The first kappa shape index (κ1) is 6.99. The van der Waals surface area contributed by atoms with Crippen LogP contribution in [-0.2, 0) is 4.79 Å².